The molecule has 22 heavy (non-hydrogen) atoms. The van der Waals surface area contributed by atoms with Crippen LogP contribution in [0.1, 0.15) is 26.3 Å². The highest BCUT2D eigenvalue weighted by atomic mass is 127. The van der Waals surface area contributed by atoms with E-state index in [1.807, 2.05) is 18.2 Å². The van der Waals surface area contributed by atoms with Gasteiger partial charge in [-0.2, -0.15) is 0 Å². The quantitative estimate of drug-likeness (QED) is 0.443. The summed E-state index contributed by atoms with van der Waals surface area (Å²) in [5.74, 6) is 1.80. The standard InChI is InChI=1S/C20H19IO/c1-20(2,3)15-11-16(21)13-17(12-15)22-19-10-6-8-14-7-4-5-9-18(14)19/h4-13H,1-3H3. The molecule has 0 N–H and O–H groups in total. The van der Waals surface area contributed by atoms with Crippen LogP contribution in [-0.4, -0.2) is 0 Å². The summed E-state index contributed by atoms with van der Waals surface area (Å²) in [4.78, 5) is 0. The van der Waals surface area contributed by atoms with Crippen LogP contribution in [0.15, 0.2) is 60.7 Å². The molecule has 0 aliphatic carbocycles. The summed E-state index contributed by atoms with van der Waals surface area (Å²) in [6.07, 6.45) is 0. The van der Waals surface area contributed by atoms with E-state index < -0.39 is 0 Å². The minimum atomic E-state index is 0.109. The molecule has 0 bridgehead atoms. The lowest BCUT2D eigenvalue weighted by Crippen LogP contribution is -2.11. The molecule has 2 heteroatoms. The Morgan fingerprint density at radius 2 is 1.59 bits per heavy atom. The molecule has 3 aromatic rings. The van der Waals surface area contributed by atoms with Gasteiger partial charge in [0.25, 0.3) is 0 Å². The van der Waals surface area contributed by atoms with Gasteiger partial charge in [-0.3, -0.25) is 0 Å². The number of rotatable bonds is 2. The molecule has 0 aliphatic rings. The number of hydrogen-bond acceptors (Lipinski definition) is 1. The van der Waals surface area contributed by atoms with E-state index in [0.717, 1.165) is 16.9 Å². The van der Waals surface area contributed by atoms with Crippen LogP contribution in [0.3, 0.4) is 0 Å². The van der Waals surface area contributed by atoms with E-state index >= 15 is 0 Å². The van der Waals surface area contributed by atoms with E-state index in [0.29, 0.717) is 0 Å². The van der Waals surface area contributed by atoms with E-state index in [2.05, 4.69) is 85.8 Å². The Morgan fingerprint density at radius 1 is 0.864 bits per heavy atom. The molecule has 1 nitrogen and oxygen atoms in total. The molecule has 0 amide bonds. The number of ether oxygens (including phenoxy) is 1. The molecular formula is C20H19IO. The Bertz CT molecular complexity index is 810. The second-order valence-corrected chi connectivity index (χ2v) is 7.75. The SMILES string of the molecule is CC(C)(C)c1cc(I)cc(Oc2cccc3ccccc23)c1. The predicted molar refractivity (Wildman–Crippen MR) is 102 cm³/mol. The smallest absolute Gasteiger partial charge is 0.135 e. The van der Waals surface area contributed by atoms with Crippen molar-refractivity contribution >= 4 is 33.4 Å². The van der Waals surface area contributed by atoms with Crippen molar-refractivity contribution in [3.8, 4) is 11.5 Å². The molecule has 0 heterocycles. The molecule has 0 spiro atoms. The average Bonchev–Trinajstić information content (AvgIpc) is 2.46. The molecule has 0 atom stereocenters. The Hall–Kier alpha value is -1.55. The van der Waals surface area contributed by atoms with Gasteiger partial charge in [0, 0.05) is 8.96 Å². The summed E-state index contributed by atoms with van der Waals surface area (Å²) < 4.78 is 7.40. The van der Waals surface area contributed by atoms with Gasteiger partial charge in [-0.05, 0) is 63.2 Å². The lowest BCUT2D eigenvalue weighted by Gasteiger charge is -2.20. The van der Waals surface area contributed by atoms with Gasteiger partial charge in [-0.1, -0.05) is 57.2 Å². The number of fused-ring (bicyclic) bond motifs is 1. The van der Waals surface area contributed by atoms with Crippen molar-refractivity contribution in [3.63, 3.8) is 0 Å². The molecule has 0 aliphatic heterocycles. The zero-order valence-corrected chi connectivity index (χ0v) is 15.2. The Labute approximate surface area is 145 Å². The number of benzene rings is 3. The van der Waals surface area contributed by atoms with Crippen LogP contribution in [0.5, 0.6) is 11.5 Å². The van der Waals surface area contributed by atoms with E-state index in [1.165, 1.54) is 14.5 Å². The van der Waals surface area contributed by atoms with Crippen molar-refractivity contribution in [2.24, 2.45) is 0 Å². The first kappa shape index (κ1) is 15.3. The summed E-state index contributed by atoms with van der Waals surface area (Å²) in [7, 11) is 0. The largest absolute Gasteiger partial charge is 0.457 e. The van der Waals surface area contributed by atoms with Crippen LogP contribution in [0, 0.1) is 3.57 Å². The molecule has 0 saturated heterocycles. The molecule has 0 radical (unpaired) electrons. The van der Waals surface area contributed by atoms with Crippen molar-refractivity contribution in [3.05, 3.63) is 69.8 Å². The van der Waals surface area contributed by atoms with Gasteiger partial charge in [0.2, 0.25) is 0 Å². The fourth-order valence-corrected chi connectivity index (χ4v) is 3.11. The van der Waals surface area contributed by atoms with Crippen molar-refractivity contribution < 1.29 is 4.74 Å². The van der Waals surface area contributed by atoms with Gasteiger partial charge in [0.1, 0.15) is 11.5 Å². The van der Waals surface area contributed by atoms with E-state index in [1.54, 1.807) is 0 Å². The first-order valence-electron chi connectivity index (χ1n) is 7.40. The summed E-state index contributed by atoms with van der Waals surface area (Å²) in [6, 6.07) is 20.9. The monoisotopic (exact) mass is 402 g/mol. The maximum atomic E-state index is 6.20. The lowest BCUT2D eigenvalue weighted by atomic mass is 9.87. The zero-order chi connectivity index (χ0) is 15.7. The van der Waals surface area contributed by atoms with Crippen LogP contribution in [0.25, 0.3) is 10.8 Å². The normalized spacial score (nSPS) is 11.6. The van der Waals surface area contributed by atoms with Crippen LogP contribution >= 0.6 is 22.6 Å². The number of halogens is 1. The fraction of sp³-hybridized carbons (Fsp3) is 0.200. The molecule has 3 rings (SSSR count). The molecular weight excluding hydrogens is 383 g/mol. The van der Waals surface area contributed by atoms with E-state index in [4.69, 9.17) is 4.74 Å². The van der Waals surface area contributed by atoms with E-state index in [9.17, 15) is 0 Å². The molecule has 0 unspecified atom stereocenters. The van der Waals surface area contributed by atoms with Gasteiger partial charge in [-0.15, -0.1) is 0 Å². The van der Waals surface area contributed by atoms with Crippen molar-refractivity contribution in [1.82, 2.24) is 0 Å². The topological polar surface area (TPSA) is 9.23 Å². The maximum absolute atomic E-state index is 6.20. The number of hydrogen-bond donors (Lipinski definition) is 0. The van der Waals surface area contributed by atoms with Crippen molar-refractivity contribution in [2.45, 2.75) is 26.2 Å². The van der Waals surface area contributed by atoms with Crippen molar-refractivity contribution in [1.29, 1.82) is 0 Å². The fourth-order valence-electron chi connectivity index (χ4n) is 2.47. The summed E-state index contributed by atoms with van der Waals surface area (Å²) in [5, 5.41) is 2.34. The highest BCUT2D eigenvalue weighted by Crippen LogP contribution is 2.33. The van der Waals surface area contributed by atoms with E-state index in [-0.39, 0.29) is 5.41 Å². The highest BCUT2D eigenvalue weighted by Gasteiger charge is 2.16. The van der Waals surface area contributed by atoms with Gasteiger partial charge in [0.05, 0.1) is 0 Å². The van der Waals surface area contributed by atoms with Gasteiger partial charge in [-0.25, -0.2) is 0 Å². The maximum Gasteiger partial charge on any atom is 0.135 e. The third-order valence-electron chi connectivity index (χ3n) is 3.71. The first-order valence-corrected chi connectivity index (χ1v) is 8.48. The minimum Gasteiger partial charge on any atom is -0.457 e. The molecule has 3 aromatic carbocycles. The summed E-state index contributed by atoms with van der Waals surface area (Å²) in [5.41, 5.74) is 1.40. The Morgan fingerprint density at radius 3 is 2.36 bits per heavy atom. The van der Waals surface area contributed by atoms with Crippen LogP contribution in [0.4, 0.5) is 0 Å². The molecule has 0 aromatic heterocycles. The van der Waals surface area contributed by atoms with Crippen molar-refractivity contribution in [2.75, 3.05) is 0 Å². The van der Waals surface area contributed by atoms with Gasteiger partial charge >= 0.3 is 0 Å². The second kappa shape index (κ2) is 5.92. The average molecular weight is 402 g/mol. The minimum absolute atomic E-state index is 0.109. The Balaban J connectivity index is 2.04. The molecule has 112 valence electrons. The third kappa shape index (κ3) is 3.27. The Kier molecular flexibility index (Phi) is 4.13. The lowest BCUT2D eigenvalue weighted by molar-refractivity contribution is 0.483. The molecule has 0 saturated carbocycles. The van der Waals surface area contributed by atoms with Crippen LogP contribution < -0.4 is 4.74 Å². The second-order valence-electron chi connectivity index (χ2n) is 6.50. The van der Waals surface area contributed by atoms with Crippen LogP contribution in [-0.2, 0) is 5.41 Å². The predicted octanol–water partition coefficient (Wildman–Crippen LogP) is 6.53. The van der Waals surface area contributed by atoms with Crippen LogP contribution in [0.2, 0.25) is 0 Å². The summed E-state index contributed by atoms with van der Waals surface area (Å²) >= 11 is 2.35. The highest BCUT2D eigenvalue weighted by molar-refractivity contribution is 14.1. The zero-order valence-electron chi connectivity index (χ0n) is 13.1. The summed E-state index contributed by atoms with van der Waals surface area (Å²) in [6.45, 7) is 6.67. The van der Waals surface area contributed by atoms with Gasteiger partial charge in [0.15, 0.2) is 0 Å². The molecule has 0 fully saturated rings. The first-order chi connectivity index (χ1) is 10.4. The third-order valence-corrected chi connectivity index (χ3v) is 4.34. The van der Waals surface area contributed by atoms with Gasteiger partial charge < -0.3 is 4.74 Å².